The number of benzene rings is 1. The van der Waals surface area contributed by atoms with Gasteiger partial charge in [0.15, 0.2) is 0 Å². The highest BCUT2D eigenvalue weighted by Crippen LogP contribution is 2.44. The van der Waals surface area contributed by atoms with E-state index >= 15 is 0 Å². The molecule has 0 saturated heterocycles. The molecule has 2 aromatic rings. The summed E-state index contributed by atoms with van der Waals surface area (Å²) in [6.45, 7) is 6.84. The van der Waals surface area contributed by atoms with E-state index in [4.69, 9.17) is 0 Å². The van der Waals surface area contributed by atoms with Crippen LogP contribution in [0.4, 0.5) is 11.4 Å². The summed E-state index contributed by atoms with van der Waals surface area (Å²) < 4.78 is 1.80. The van der Waals surface area contributed by atoms with Gasteiger partial charge in [0.05, 0.1) is 23.3 Å². The second-order valence-electron chi connectivity index (χ2n) is 6.01. The van der Waals surface area contributed by atoms with Gasteiger partial charge in [0.2, 0.25) is 11.8 Å². The predicted molar refractivity (Wildman–Crippen MR) is 87.6 cm³/mol. The Morgan fingerprint density at radius 3 is 2.48 bits per heavy atom. The third-order valence-corrected chi connectivity index (χ3v) is 3.81. The molecule has 2 amide bonds. The zero-order valence-corrected chi connectivity index (χ0v) is 13.5. The largest absolute Gasteiger partial charge is 0.323 e. The van der Waals surface area contributed by atoms with Crippen molar-refractivity contribution in [2.75, 3.05) is 10.3 Å². The van der Waals surface area contributed by atoms with Crippen molar-refractivity contribution in [3.63, 3.8) is 0 Å². The van der Waals surface area contributed by atoms with E-state index in [1.807, 2.05) is 38.1 Å². The first-order valence-electron chi connectivity index (χ1n) is 7.35. The number of aromatic nitrogens is 2. The summed E-state index contributed by atoms with van der Waals surface area (Å²) in [4.78, 5) is 23.1. The van der Waals surface area contributed by atoms with Gasteiger partial charge in [0, 0.05) is 19.4 Å². The third-order valence-electron chi connectivity index (χ3n) is 3.81. The Kier molecular flexibility index (Phi) is 3.35. The minimum absolute atomic E-state index is 0.152. The topological polar surface area (TPSA) is 79.3 Å². The van der Waals surface area contributed by atoms with E-state index in [9.17, 15) is 9.59 Å². The van der Waals surface area contributed by atoms with Crippen LogP contribution in [0.15, 0.2) is 30.5 Å². The van der Waals surface area contributed by atoms with Crippen molar-refractivity contribution in [3.8, 4) is 11.3 Å². The van der Waals surface area contributed by atoms with Crippen LogP contribution in [0.5, 0.6) is 0 Å². The summed E-state index contributed by atoms with van der Waals surface area (Å²) in [5.74, 6) is -0.314. The summed E-state index contributed by atoms with van der Waals surface area (Å²) in [6.07, 6.45) is 1.63. The van der Waals surface area contributed by atoms with E-state index in [1.54, 1.807) is 15.9 Å². The number of fused-ring (bicyclic) bond motifs is 3. The lowest BCUT2D eigenvalue weighted by Gasteiger charge is -2.44. The molecule has 1 aliphatic rings. The van der Waals surface area contributed by atoms with Crippen LogP contribution in [0.25, 0.3) is 11.3 Å². The van der Waals surface area contributed by atoms with E-state index < -0.39 is 5.66 Å². The maximum absolute atomic E-state index is 11.6. The van der Waals surface area contributed by atoms with Crippen LogP contribution < -0.4 is 15.8 Å². The molecular formula is C16H19N5O2. The Hall–Kier alpha value is -2.83. The van der Waals surface area contributed by atoms with Gasteiger partial charge < -0.3 is 5.32 Å². The molecular weight excluding hydrogens is 294 g/mol. The Labute approximate surface area is 134 Å². The normalized spacial score (nSPS) is 14.7. The number of hydrogen-bond acceptors (Lipinski definition) is 4. The molecule has 0 unspecified atom stereocenters. The maximum Gasteiger partial charge on any atom is 0.235 e. The van der Waals surface area contributed by atoms with Crippen molar-refractivity contribution in [1.29, 1.82) is 0 Å². The number of amides is 2. The maximum atomic E-state index is 11.6. The molecule has 2 heterocycles. The SMILES string of the molecule is CC(=O)Nc1cnn2c1-c1ccccc1N(NC(C)=O)C2(C)C. The van der Waals surface area contributed by atoms with E-state index in [-0.39, 0.29) is 11.8 Å². The van der Waals surface area contributed by atoms with Crippen LogP contribution in [0.3, 0.4) is 0 Å². The van der Waals surface area contributed by atoms with Gasteiger partial charge in [-0.2, -0.15) is 5.10 Å². The van der Waals surface area contributed by atoms with E-state index in [0.29, 0.717) is 5.69 Å². The van der Waals surface area contributed by atoms with Crippen LogP contribution in [0, 0.1) is 0 Å². The van der Waals surface area contributed by atoms with E-state index in [1.165, 1.54) is 13.8 Å². The van der Waals surface area contributed by atoms with Crippen molar-refractivity contribution in [2.45, 2.75) is 33.4 Å². The number of nitrogens with one attached hydrogen (secondary N) is 2. The number of rotatable bonds is 2. The highest BCUT2D eigenvalue weighted by molar-refractivity contribution is 5.96. The molecule has 0 fully saturated rings. The van der Waals surface area contributed by atoms with Crippen molar-refractivity contribution in [3.05, 3.63) is 30.5 Å². The second-order valence-corrected chi connectivity index (χ2v) is 6.01. The first kappa shape index (κ1) is 15.1. The summed E-state index contributed by atoms with van der Waals surface area (Å²) in [5.41, 5.74) is 5.45. The highest BCUT2D eigenvalue weighted by atomic mass is 16.2. The van der Waals surface area contributed by atoms with Gasteiger partial charge in [0.25, 0.3) is 0 Å². The molecule has 0 spiro atoms. The molecule has 1 aromatic carbocycles. The molecule has 0 bridgehead atoms. The average molecular weight is 313 g/mol. The van der Waals surface area contributed by atoms with Crippen molar-refractivity contribution >= 4 is 23.2 Å². The third kappa shape index (κ3) is 2.34. The van der Waals surface area contributed by atoms with Crippen LogP contribution in [-0.4, -0.2) is 21.6 Å². The molecule has 3 rings (SSSR count). The van der Waals surface area contributed by atoms with Crippen molar-refractivity contribution in [2.24, 2.45) is 0 Å². The van der Waals surface area contributed by atoms with Crippen LogP contribution in [0.1, 0.15) is 27.7 Å². The minimum Gasteiger partial charge on any atom is -0.323 e. The molecule has 23 heavy (non-hydrogen) atoms. The van der Waals surface area contributed by atoms with Crippen molar-refractivity contribution < 1.29 is 9.59 Å². The average Bonchev–Trinajstić information content (AvgIpc) is 2.87. The molecule has 0 saturated carbocycles. The standard InChI is InChI=1S/C16H19N5O2/c1-10(22)18-13-9-17-21-15(13)12-7-5-6-8-14(12)20(16(21,3)4)19-11(2)23/h5-9H,1-4H3,(H,18,22)(H,19,23). The number of carbonyl (C=O) groups is 2. The Bertz CT molecular complexity index is 794. The lowest BCUT2D eigenvalue weighted by molar-refractivity contribution is -0.119. The summed E-state index contributed by atoms with van der Waals surface area (Å²) in [6, 6.07) is 7.70. The quantitative estimate of drug-likeness (QED) is 0.889. The fourth-order valence-electron chi connectivity index (χ4n) is 2.92. The first-order chi connectivity index (χ1) is 10.8. The smallest absolute Gasteiger partial charge is 0.235 e. The Balaban J connectivity index is 2.24. The van der Waals surface area contributed by atoms with Gasteiger partial charge in [-0.25, -0.2) is 4.68 Å². The van der Waals surface area contributed by atoms with E-state index in [0.717, 1.165) is 16.9 Å². The molecule has 7 nitrogen and oxygen atoms in total. The number of nitrogens with zero attached hydrogens (tertiary/aromatic N) is 3. The molecule has 1 aromatic heterocycles. The summed E-state index contributed by atoms with van der Waals surface area (Å²) in [7, 11) is 0. The molecule has 0 aliphatic carbocycles. The lowest BCUT2D eigenvalue weighted by atomic mass is 10.0. The fraction of sp³-hybridized carbons (Fsp3) is 0.312. The van der Waals surface area contributed by atoms with Crippen LogP contribution >= 0.6 is 0 Å². The fourth-order valence-corrected chi connectivity index (χ4v) is 2.92. The monoisotopic (exact) mass is 313 g/mol. The number of hydrazine groups is 1. The molecule has 0 atom stereocenters. The molecule has 2 N–H and O–H groups in total. The zero-order valence-electron chi connectivity index (χ0n) is 13.5. The number of para-hydroxylation sites is 1. The van der Waals surface area contributed by atoms with E-state index in [2.05, 4.69) is 15.8 Å². The van der Waals surface area contributed by atoms with Gasteiger partial charge in [-0.3, -0.25) is 20.0 Å². The molecule has 7 heteroatoms. The minimum atomic E-state index is -0.633. The lowest BCUT2D eigenvalue weighted by Crippen LogP contribution is -2.57. The van der Waals surface area contributed by atoms with Gasteiger partial charge in [-0.05, 0) is 19.9 Å². The highest BCUT2D eigenvalue weighted by Gasteiger charge is 2.40. The van der Waals surface area contributed by atoms with Gasteiger partial charge in [-0.1, -0.05) is 18.2 Å². The van der Waals surface area contributed by atoms with Gasteiger partial charge in [0.1, 0.15) is 5.66 Å². The van der Waals surface area contributed by atoms with Crippen molar-refractivity contribution in [1.82, 2.24) is 15.2 Å². The number of hydrogen-bond donors (Lipinski definition) is 2. The van der Waals surface area contributed by atoms with Crippen LogP contribution in [0.2, 0.25) is 0 Å². The zero-order chi connectivity index (χ0) is 16.8. The van der Waals surface area contributed by atoms with Gasteiger partial charge in [-0.15, -0.1) is 0 Å². The first-order valence-corrected chi connectivity index (χ1v) is 7.35. The molecule has 0 radical (unpaired) electrons. The Morgan fingerprint density at radius 1 is 1.13 bits per heavy atom. The van der Waals surface area contributed by atoms with Crippen LogP contribution in [-0.2, 0) is 15.3 Å². The second kappa shape index (κ2) is 5.12. The molecule has 120 valence electrons. The number of carbonyl (C=O) groups excluding carboxylic acids is 2. The summed E-state index contributed by atoms with van der Waals surface area (Å²) >= 11 is 0. The van der Waals surface area contributed by atoms with Gasteiger partial charge >= 0.3 is 0 Å². The summed E-state index contributed by atoms with van der Waals surface area (Å²) in [5, 5.41) is 9.04. The number of anilines is 2. The Morgan fingerprint density at radius 2 is 1.83 bits per heavy atom. The molecule has 1 aliphatic heterocycles. The predicted octanol–water partition coefficient (Wildman–Crippen LogP) is 2.07.